The third-order valence-electron chi connectivity index (χ3n) is 3.09. The van der Waals surface area contributed by atoms with Crippen LogP contribution in [0.3, 0.4) is 0 Å². The number of hydrogen-bond acceptors (Lipinski definition) is 4. The number of halogens is 2. The SMILES string of the molecule is O=C(O)CN(C(=O)c1cc(Cl)sc1Cl)C1CCOCC1. The molecule has 2 heterocycles. The summed E-state index contributed by atoms with van der Waals surface area (Å²) < 4.78 is 5.92. The van der Waals surface area contributed by atoms with Crippen molar-refractivity contribution < 1.29 is 19.4 Å². The van der Waals surface area contributed by atoms with E-state index in [9.17, 15) is 9.59 Å². The summed E-state index contributed by atoms with van der Waals surface area (Å²) in [6.45, 7) is 0.686. The molecule has 0 saturated carbocycles. The zero-order chi connectivity index (χ0) is 14.7. The number of thiophene rings is 1. The van der Waals surface area contributed by atoms with Crippen LogP contribution in [0, 0.1) is 0 Å². The average Bonchev–Trinajstić information content (AvgIpc) is 2.75. The van der Waals surface area contributed by atoms with Gasteiger partial charge in [-0.05, 0) is 18.9 Å². The fourth-order valence-corrected chi connectivity index (χ4v) is 3.60. The van der Waals surface area contributed by atoms with Crippen molar-refractivity contribution in [3.8, 4) is 0 Å². The summed E-state index contributed by atoms with van der Waals surface area (Å²) in [4.78, 5) is 24.8. The van der Waals surface area contributed by atoms with Crippen molar-refractivity contribution in [1.29, 1.82) is 0 Å². The van der Waals surface area contributed by atoms with Crippen LogP contribution in [-0.2, 0) is 9.53 Å². The van der Waals surface area contributed by atoms with Gasteiger partial charge in [0.15, 0.2) is 0 Å². The van der Waals surface area contributed by atoms with Crippen LogP contribution in [-0.4, -0.2) is 47.7 Å². The predicted molar refractivity (Wildman–Crippen MR) is 76.9 cm³/mol. The third kappa shape index (κ3) is 3.63. The van der Waals surface area contributed by atoms with Crippen LogP contribution in [0.25, 0.3) is 0 Å². The molecule has 8 heteroatoms. The number of nitrogens with zero attached hydrogens (tertiary/aromatic N) is 1. The van der Waals surface area contributed by atoms with Gasteiger partial charge in [0.2, 0.25) is 0 Å². The molecule has 1 aliphatic heterocycles. The second kappa shape index (κ2) is 6.76. The third-order valence-corrected chi connectivity index (χ3v) is 4.57. The first-order chi connectivity index (χ1) is 9.49. The Morgan fingerprint density at radius 3 is 2.55 bits per heavy atom. The van der Waals surface area contributed by atoms with Crippen LogP contribution >= 0.6 is 34.5 Å². The Labute approximate surface area is 130 Å². The van der Waals surface area contributed by atoms with E-state index in [0.29, 0.717) is 30.4 Å². The summed E-state index contributed by atoms with van der Waals surface area (Å²) in [5.41, 5.74) is 0.259. The highest BCUT2D eigenvalue weighted by molar-refractivity contribution is 7.20. The molecule has 0 aromatic carbocycles. The summed E-state index contributed by atoms with van der Waals surface area (Å²) in [6, 6.07) is 1.33. The molecule has 2 rings (SSSR count). The van der Waals surface area contributed by atoms with E-state index in [2.05, 4.69) is 0 Å². The average molecular weight is 338 g/mol. The number of hydrogen-bond donors (Lipinski definition) is 1. The Balaban J connectivity index is 2.23. The van der Waals surface area contributed by atoms with Crippen molar-refractivity contribution in [2.24, 2.45) is 0 Å². The van der Waals surface area contributed by atoms with Crippen LogP contribution in [0.1, 0.15) is 23.2 Å². The quantitative estimate of drug-likeness (QED) is 0.917. The van der Waals surface area contributed by atoms with Gasteiger partial charge in [0, 0.05) is 19.3 Å². The molecule has 0 radical (unpaired) electrons. The second-order valence-electron chi connectivity index (χ2n) is 4.41. The van der Waals surface area contributed by atoms with Gasteiger partial charge in [0.25, 0.3) is 5.91 Å². The topological polar surface area (TPSA) is 66.8 Å². The van der Waals surface area contributed by atoms with E-state index in [1.165, 1.54) is 11.0 Å². The molecule has 0 spiro atoms. The van der Waals surface area contributed by atoms with E-state index in [4.69, 9.17) is 33.0 Å². The molecule has 1 N–H and O–H groups in total. The van der Waals surface area contributed by atoms with Gasteiger partial charge in [-0.25, -0.2) is 0 Å². The van der Waals surface area contributed by atoms with Crippen LogP contribution in [0.4, 0.5) is 0 Å². The van der Waals surface area contributed by atoms with Crippen molar-refractivity contribution in [1.82, 2.24) is 4.90 Å². The van der Waals surface area contributed by atoms with Crippen molar-refractivity contribution in [2.75, 3.05) is 19.8 Å². The van der Waals surface area contributed by atoms with Crippen molar-refractivity contribution in [2.45, 2.75) is 18.9 Å². The Morgan fingerprint density at radius 1 is 1.40 bits per heavy atom. The maximum absolute atomic E-state index is 12.5. The highest BCUT2D eigenvalue weighted by Gasteiger charge is 2.30. The Kier molecular flexibility index (Phi) is 5.26. The minimum Gasteiger partial charge on any atom is -0.480 e. The lowest BCUT2D eigenvalue weighted by molar-refractivity contribution is -0.138. The van der Waals surface area contributed by atoms with Crippen LogP contribution in [0.2, 0.25) is 8.67 Å². The van der Waals surface area contributed by atoms with Crippen molar-refractivity contribution >= 4 is 46.4 Å². The van der Waals surface area contributed by atoms with Crippen LogP contribution in [0.15, 0.2) is 6.07 Å². The smallest absolute Gasteiger partial charge is 0.323 e. The fourth-order valence-electron chi connectivity index (χ4n) is 2.15. The number of carbonyl (C=O) groups excluding carboxylic acids is 1. The molecule has 5 nitrogen and oxygen atoms in total. The Morgan fingerprint density at radius 2 is 2.05 bits per heavy atom. The van der Waals surface area contributed by atoms with E-state index in [1.54, 1.807) is 0 Å². The Hall–Kier alpha value is -0.820. The standard InChI is InChI=1S/C12H13Cl2NO4S/c13-9-5-8(11(14)20-9)12(18)15(6-10(16)17)7-1-3-19-4-2-7/h5,7H,1-4,6H2,(H,16,17). The molecular weight excluding hydrogens is 325 g/mol. The Bertz CT molecular complexity index is 514. The van der Waals surface area contributed by atoms with Gasteiger partial charge in [0.05, 0.1) is 9.90 Å². The number of ether oxygens (including phenoxy) is 1. The predicted octanol–water partition coefficient (Wildman–Crippen LogP) is 2.76. The van der Waals surface area contributed by atoms with E-state index in [1.807, 2.05) is 0 Å². The van der Waals surface area contributed by atoms with E-state index >= 15 is 0 Å². The molecule has 1 amide bonds. The van der Waals surface area contributed by atoms with Gasteiger partial charge in [-0.1, -0.05) is 23.2 Å². The highest BCUT2D eigenvalue weighted by Crippen LogP contribution is 2.32. The second-order valence-corrected chi connectivity index (χ2v) is 6.69. The molecule has 0 atom stereocenters. The van der Waals surface area contributed by atoms with Crippen molar-refractivity contribution in [3.63, 3.8) is 0 Å². The summed E-state index contributed by atoms with van der Waals surface area (Å²) in [6.07, 6.45) is 1.24. The monoisotopic (exact) mass is 337 g/mol. The molecular formula is C12H13Cl2NO4S. The molecule has 1 aromatic heterocycles. The molecule has 0 unspecified atom stereocenters. The van der Waals surface area contributed by atoms with E-state index in [-0.39, 0.29) is 22.5 Å². The zero-order valence-electron chi connectivity index (χ0n) is 10.5. The molecule has 0 aliphatic carbocycles. The largest absolute Gasteiger partial charge is 0.480 e. The van der Waals surface area contributed by atoms with Gasteiger partial charge in [-0.2, -0.15) is 0 Å². The number of carbonyl (C=O) groups is 2. The molecule has 1 fully saturated rings. The fraction of sp³-hybridized carbons (Fsp3) is 0.500. The number of aliphatic carboxylic acids is 1. The van der Waals surface area contributed by atoms with E-state index < -0.39 is 11.9 Å². The normalized spacial score (nSPS) is 16.1. The lowest BCUT2D eigenvalue weighted by Gasteiger charge is -2.33. The summed E-state index contributed by atoms with van der Waals surface area (Å²) >= 11 is 12.9. The zero-order valence-corrected chi connectivity index (χ0v) is 12.8. The number of carboxylic acids is 1. The molecule has 1 aromatic rings. The molecule has 1 saturated heterocycles. The molecule has 20 heavy (non-hydrogen) atoms. The molecule has 110 valence electrons. The van der Waals surface area contributed by atoms with Crippen LogP contribution in [0.5, 0.6) is 0 Å². The maximum Gasteiger partial charge on any atom is 0.323 e. The van der Waals surface area contributed by atoms with Crippen molar-refractivity contribution in [3.05, 3.63) is 20.3 Å². The van der Waals surface area contributed by atoms with Gasteiger partial charge >= 0.3 is 5.97 Å². The highest BCUT2D eigenvalue weighted by atomic mass is 35.5. The van der Waals surface area contributed by atoms with Gasteiger partial charge in [0.1, 0.15) is 10.9 Å². The lowest BCUT2D eigenvalue weighted by Crippen LogP contribution is -2.46. The summed E-state index contributed by atoms with van der Waals surface area (Å²) in [5.74, 6) is -1.45. The van der Waals surface area contributed by atoms with Gasteiger partial charge < -0.3 is 14.7 Å². The van der Waals surface area contributed by atoms with E-state index in [0.717, 1.165) is 11.3 Å². The first-order valence-corrected chi connectivity index (χ1v) is 7.61. The van der Waals surface area contributed by atoms with Gasteiger partial charge in [-0.15, -0.1) is 11.3 Å². The first kappa shape index (κ1) is 15.6. The van der Waals surface area contributed by atoms with Gasteiger partial charge in [-0.3, -0.25) is 9.59 Å². The van der Waals surface area contributed by atoms with Crippen LogP contribution < -0.4 is 0 Å². The lowest BCUT2D eigenvalue weighted by atomic mass is 10.1. The summed E-state index contributed by atoms with van der Waals surface area (Å²) in [7, 11) is 0. The minimum atomic E-state index is -1.05. The molecule has 1 aliphatic rings. The number of carboxylic acid groups (broad SMARTS) is 1. The minimum absolute atomic E-state index is 0.151. The number of amides is 1. The maximum atomic E-state index is 12.5. The first-order valence-electron chi connectivity index (χ1n) is 6.04. The number of rotatable bonds is 4. The molecule has 0 bridgehead atoms. The summed E-state index contributed by atoms with van der Waals surface area (Å²) in [5, 5.41) is 9.00.